The largest absolute Gasteiger partial charge is 0.382 e. The van der Waals surface area contributed by atoms with Crippen LogP contribution < -0.4 is 5.73 Å². The number of fused-ring (bicyclic) bond motifs is 1. The van der Waals surface area contributed by atoms with Gasteiger partial charge in [-0.2, -0.15) is 5.10 Å². The van der Waals surface area contributed by atoms with Gasteiger partial charge in [0, 0.05) is 17.5 Å². The lowest BCUT2D eigenvalue weighted by molar-refractivity contribution is 0.900. The Kier molecular flexibility index (Phi) is 3.06. The van der Waals surface area contributed by atoms with Crippen LogP contribution in [0.4, 0.5) is 5.82 Å². The summed E-state index contributed by atoms with van der Waals surface area (Å²) in [5, 5.41) is 9.34. The van der Waals surface area contributed by atoms with Gasteiger partial charge in [0.2, 0.25) is 0 Å². The Balaban J connectivity index is 1.99. The third kappa shape index (κ3) is 2.20. The Morgan fingerprint density at radius 3 is 2.60 bits per heavy atom. The molecule has 2 N–H and O–H groups in total. The summed E-state index contributed by atoms with van der Waals surface area (Å²) in [7, 11) is 0. The normalized spacial score (nSPS) is 10.9. The van der Waals surface area contributed by atoms with E-state index in [1.54, 1.807) is 0 Å². The van der Waals surface area contributed by atoms with Gasteiger partial charge in [0.1, 0.15) is 5.82 Å². The molecule has 1 aromatic carbocycles. The van der Waals surface area contributed by atoms with Crippen LogP contribution in [0.15, 0.2) is 36.4 Å². The maximum atomic E-state index is 5.77. The van der Waals surface area contributed by atoms with Crippen LogP contribution in [0.2, 0.25) is 0 Å². The molecule has 20 heavy (non-hydrogen) atoms. The van der Waals surface area contributed by atoms with E-state index in [-0.39, 0.29) is 0 Å². The van der Waals surface area contributed by atoms with Crippen molar-refractivity contribution in [1.29, 1.82) is 0 Å². The van der Waals surface area contributed by atoms with Crippen molar-refractivity contribution in [2.45, 2.75) is 20.3 Å². The van der Waals surface area contributed by atoms with Gasteiger partial charge >= 0.3 is 0 Å². The molecular weight excluding hydrogens is 248 g/mol. The van der Waals surface area contributed by atoms with Gasteiger partial charge in [0.15, 0.2) is 0 Å². The Hall–Kier alpha value is -2.49. The highest BCUT2D eigenvalue weighted by Crippen LogP contribution is 2.18. The summed E-state index contributed by atoms with van der Waals surface area (Å²) in [5.41, 5.74) is 10.8. The highest BCUT2D eigenvalue weighted by atomic mass is 15.1. The van der Waals surface area contributed by atoms with Crippen molar-refractivity contribution in [2.75, 3.05) is 5.73 Å². The highest BCUT2D eigenvalue weighted by Gasteiger charge is 2.09. The fraction of sp³-hybridized carbons (Fsp3) is 0.188. The zero-order chi connectivity index (χ0) is 14.1. The number of nitrogens with two attached hydrogens (primary N) is 1. The van der Waals surface area contributed by atoms with Crippen molar-refractivity contribution in [3.8, 4) is 0 Å². The lowest BCUT2D eigenvalue weighted by Gasteiger charge is -2.08. The Morgan fingerprint density at radius 2 is 1.75 bits per heavy atom. The van der Waals surface area contributed by atoms with E-state index in [9.17, 15) is 0 Å². The first kappa shape index (κ1) is 12.5. The number of anilines is 1. The molecule has 3 rings (SSSR count). The van der Waals surface area contributed by atoms with Gasteiger partial charge in [-0.3, -0.25) is 4.98 Å². The van der Waals surface area contributed by atoms with Crippen molar-refractivity contribution < 1.29 is 0 Å². The molecule has 4 heteroatoms. The Labute approximate surface area is 117 Å². The molecule has 0 aliphatic rings. The number of para-hydroxylation sites is 1. The Bertz CT molecular complexity index is 781. The van der Waals surface area contributed by atoms with Crippen LogP contribution in [-0.2, 0) is 6.42 Å². The van der Waals surface area contributed by atoms with Crippen LogP contribution in [0, 0.1) is 13.8 Å². The molecule has 0 bridgehead atoms. The quantitative estimate of drug-likeness (QED) is 0.773. The summed E-state index contributed by atoms with van der Waals surface area (Å²) in [4.78, 5) is 4.66. The zero-order valence-electron chi connectivity index (χ0n) is 11.6. The molecule has 0 amide bonds. The second kappa shape index (κ2) is 4.89. The topological polar surface area (TPSA) is 64.7 Å². The minimum absolute atomic E-state index is 0.498. The number of aromatic nitrogens is 3. The highest BCUT2D eigenvalue weighted by molar-refractivity contribution is 5.78. The lowest BCUT2D eigenvalue weighted by Crippen LogP contribution is -2.06. The summed E-state index contributed by atoms with van der Waals surface area (Å²) in [6.07, 6.45) is 0.671. The van der Waals surface area contributed by atoms with Crippen molar-refractivity contribution in [3.05, 3.63) is 58.9 Å². The van der Waals surface area contributed by atoms with E-state index in [1.807, 2.05) is 38.1 Å². The third-order valence-electron chi connectivity index (χ3n) is 3.66. The molecule has 100 valence electrons. The van der Waals surface area contributed by atoms with E-state index in [1.165, 1.54) is 0 Å². The molecule has 0 fully saturated rings. The molecule has 4 nitrogen and oxygen atoms in total. The standard InChI is InChI=1S/C16H16N4/c1-10-11(2)16(17)20-19-15(10)9-13-8-7-12-5-3-4-6-14(12)18-13/h3-8H,9H2,1-2H3,(H2,17,20). The number of rotatable bonds is 2. The molecule has 0 aliphatic heterocycles. The minimum Gasteiger partial charge on any atom is -0.382 e. The maximum Gasteiger partial charge on any atom is 0.149 e. The van der Waals surface area contributed by atoms with Gasteiger partial charge < -0.3 is 5.73 Å². The lowest BCUT2D eigenvalue weighted by atomic mass is 10.1. The van der Waals surface area contributed by atoms with Gasteiger partial charge in [-0.05, 0) is 37.1 Å². The molecule has 0 spiro atoms. The first-order valence-corrected chi connectivity index (χ1v) is 6.58. The molecule has 0 unspecified atom stereocenters. The molecule has 2 heterocycles. The first-order valence-electron chi connectivity index (χ1n) is 6.58. The smallest absolute Gasteiger partial charge is 0.149 e. The molecule has 3 aromatic rings. The molecule has 0 saturated heterocycles. The van der Waals surface area contributed by atoms with Gasteiger partial charge in [0.05, 0.1) is 11.2 Å². The maximum absolute atomic E-state index is 5.77. The van der Waals surface area contributed by atoms with Crippen molar-refractivity contribution in [3.63, 3.8) is 0 Å². The van der Waals surface area contributed by atoms with E-state index in [0.29, 0.717) is 12.2 Å². The van der Waals surface area contributed by atoms with Crippen molar-refractivity contribution in [2.24, 2.45) is 0 Å². The molecule has 0 radical (unpaired) electrons. The summed E-state index contributed by atoms with van der Waals surface area (Å²) in [5.74, 6) is 0.498. The second-order valence-electron chi connectivity index (χ2n) is 4.95. The van der Waals surface area contributed by atoms with E-state index in [2.05, 4.69) is 27.3 Å². The number of pyridine rings is 1. The Morgan fingerprint density at radius 1 is 0.950 bits per heavy atom. The van der Waals surface area contributed by atoms with Crippen LogP contribution in [0.25, 0.3) is 10.9 Å². The summed E-state index contributed by atoms with van der Waals surface area (Å²) >= 11 is 0. The predicted octanol–water partition coefficient (Wildman–Crippen LogP) is 2.81. The summed E-state index contributed by atoms with van der Waals surface area (Å²) in [6, 6.07) is 12.2. The average molecular weight is 264 g/mol. The minimum atomic E-state index is 0.498. The molecule has 0 aliphatic carbocycles. The molecule has 0 atom stereocenters. The van der Waals surface area contributed by atoms with Crippen LogP contribution >= 0.6 is 0 Å². The van der Waals surface area contributed by atoms with Gasteiger partial charge in [0.25, 0.3) is 0 Å². The van der Waals surface area contributed by atoms with E-state index in [0.717, 1.165) is 33.4 Å². The van der Waals surface area contributed by atoms with E-state index in [4.69, 9.17) is 5.73 Å². The molecule has 0 saturated carbocycles. The van der Waals surface area contributed by atoms with E-state index >= 15 is 0 Å². The SMILES string of the molecule is Cc1c(N)nnc(Cc2ccc3ccccc3n2)c1C. The third-order valence-corrected chi connectivity index (χ3v) is 3.66. The number of nitrogens with zero attached hydrogens (tertiary/aromatic N) is 3. The fourth-order valence-electron chi connectivity index (χ4n) is 2.22. The molecular formula is C16H16N4. The fourth-order valence-corrected chi connectivity index (χ4v) is 2.22. The zero-order valence-corrected chi connectivity index (χ0v) is 11.6. The van der Waals surface area contributed by atoms with Crippen LogP contribution in [-0.4, -0.2) is 15.2 Å². The summed E-state index contributed by atoms with van der Waals surface area (Å²) in [6.45, 7) is 3.99. The van der Waals surface area contributed by atoms with Crippen LogP contribution in [0.1, 0.15) is 22.5 Å². The van der Waals surface area contributed by atoms with Crippen LogP contribution in [0.3, 0.4) is 0 Å². The number of hydrogen-bond acceptors (Lipinski definition) is 4. The second-order valence-corrected chi connectivity index (χ2v) is 4.95. The van der Waals surface area contributed by atoms with E-state index < -0.39 is 0 Å². The summed E-state index contributed by atoms with van der Waals surface area (Å²) < 4.78 is 0. The van der Waals surface area contributed by atoms with Crippen molar-refractivity contribution in [1.82, 2.24) is 15.2 Å². The first-order chi connectivity index (χ1) is 9.65. The predicted molar refractivity (Wildman–Crippen MR) is 80.5 cm³/mol. The molecule has 2 aromatic heterocycles. The van der Waals surface area contributed by atoms with Crippen molar-refractivity contribution >= 4 is 16.7 Å². The van der Waals surface area contributed by atoms with Gasteiger partial charge in [-0.25, -0.2) is 0 Å². The monoisotopic (exact) mass is 264 g/mol. The van der Waals surface area contributed by atoms with Gasteiger partial charge in [-0.1, -0.05) is 24.3 Å². The number of nitrogen functional groups attached to an aromatic ring is 1. The van der Waals surface area contributed by atoms with Crippen LogP contribution in [0.5, 0.6) is 0 Å². The average Bonchev–Trinajstić information content (AvgIpc) is 2.48. The number of benzene rings is 1. The number of hydrogen-bond donors (Lipinski definition) is 1. The van der Waals surface area contributed by atoms with Gasteiger partial charge in [-0.15, -0.1) is 5.10 Å².